The first kappa shape index (κ1) is 16.2. The Labute approximate surface area is 120 Å². The molecule has 0 aliphatic rings. The Kier molecular flexibility index (Phi) is 5.32. The maximum absolute atomic E-state index is 12.4. The van der Waals surface area contributed by atoms with E-state index in [4.69, 9.17) is 5.11 Å². The van der Waals surface area contributed by atoms with E-state index in [1.165, 1.54) is 4.90 Å². The predicted molar refractivity (Wildman–Crippen MR) is 78.4 cm³/mol. The zero-order chi connectivity index (χ0) is 15.3. The Morgan fingerprint density at radius 1 is 1.35 bits per heavy atom. The lowest BCUT2D eigenvalue weighted by molar-refractivity contribution is 0.0473. The molecule has 2 N–H and O–H groups in total. The van der Waals surface area contributed by atoms with Crippen LogP contribution < -0.4 is 0 Å². The zero-order valence-electron chi connectivity index (χ0n) is 12.4. The van der Waals surface area contributed by atoms with Crippen molar-refractivity contribution in [3.8, 4) is 11.8 Å². The van der Waals surface area contributed by atoms with Crippen LogP contribution in [0.15, 0.2) is 18.2 Å². The normalized spacial score (nSPS) is 10.7. The number of aliphatic hydroxyl groups excluding tert-OH is 2. The van der Waals surface area contributed by atoms with E-state index in [0.29, 0.717) is 5.56 Å². The number of benzene rings is 1. The molecule has 0 saturated heterocycles. The van der Waals surface area contributed by atoms with Gasteiger partial charge in [-0.2, -0.15) is 0 Å². The highest BCUT2D eigenvalue weighted by molar-refractivity contribution is 5.95. The summed E-state index contributed by atoms with van der Waals surface area (Å²) in [4.78, 5) is 13.9. The molecule has 0 radical (unpaired) electrons. The smallest absolute Gasteiger partial charge is 0.254 e. The van der Waals surface area contributed by atoms with Crippen molar-refractivity contribution in [2.75, 3.05) is 20.3 Å². The lowest BCUT2D eigenvalue weighted by atomic mass is 10.0. The highest BCUT2D eigenvalue weighted by Crippen LogP contribution is 2.17. The number of likely N-dealkylation sites (N-methyl/N-ethyl adjacent to an activating group) is 1. The summed E-state index contributed by atoms with van der Waals surface area (Å²) in [6.45, 7) is 5.17. The first-order valence-electron chi connectivity index (χ1n) is 6.43. The van der Waals surface area contributed by atoms with Crippen LogP contribution >= 0.6 is 0 Å². The van der Waals surface area contributed by atoms with E-state index in [2.05, 4.69) is 11.8 Å². The van der Waals surface area contributed by atoms with Crippen LogP contribution in [0.2, 0.25) is 0 Å². The third-order valence-electron chi connectivity index (χ3n) is 3.39. The summed E-state index contributed by atoms with van der Waals surface area (Å²) in [6.07, 6.45) is 0. The molecule has 0 unspecified atom stereocenters. The van der Waals surface area contributed by atoms with Crippen molar-refractivity contribution in [2.45, 2.75) is 26.3 Å². The minimum absolute atomic E-state index is 0.113. The van der Waals surface area contributed by atoms with Crippen molar-refractivity contribution in [2.24, 2.45) is 0 Å². The van der Waals surface area contributed by atoms with Gasteiger partial charge in [0.2, 0.25) is 0 Å². The molecule has 1 rings (SSSR count). The van der Waals surface area contributed by atoms with E-state index >= 15 is 0 Å². The van der Waals surface area contributed by atoms with Crippen LogP contribution in [0, 0.1) is 18.8 Å². The number of aryl methyl sites for hydroxylation is 1. The Hall–Kier alpha value is -1.83. The Morgan fingerprint density at radius 2 is 2.00 bits per heavy atom. The van der Waals surface area contributed by atoms with Crippen LogP contribution in [0.1, 0.15) is 35.3 Å². The van der Waals surface area contributed by atoms with Crippen molar-refractivity contribution in [3.05, 3.63) is 34.9 Å². The van der Waals surface area contributed by atoms with Crippen LogP contribution in [0.25, 0.3) is 0 Å². The van der Waals surface area contributed by atoms with Gasteiger partial charge in [-0.15, -0.1) is 0 Å². The lowest BCUT2D eigenvalue weighted by Crippen LogP contribution is -2.47. The number of hydrogen-bond donors (Lipinski definition) is 2. The van der Waals surface area contributed by atoms with E-state index < -0.39 is 5.54 Å². The number of carbonyl (C=O) groups is 1. The molecular formula is C16H21NO3. The van der Waals surface area contributed by atoms with Gasteiger partial charge in [0, 0.05) is 18.2 Å². The van der Waals surface area contributed by atoms with Crippen molar-refractivity contribution in [1.82, 2.24) is 4.90 Å². The molecule has 0 aliphatic carbocycles. The monoisotopic (exact) mass is 275 g/mol. The van der Waals surface area contributed by atoms with Gasteiger partial charge in [0.1, 0.15) is 6.61 Å². The number of rotatable bonds is 3. The van der Waals surface area contributed by atoms with Gasteiger partial charge in [0.25, 0.3) is 5.91 Å². The van der Waals surface area contributed by atoms with Crippen molar-refractivity contribution >= 4 is 5.91 Å². The van der Waals surface area contributed by atoms with E-state index in [-0.39, 0.29) is 19.1 Å². The van der Waals surface area contributed by atoms with Crippen LogP contribution in [-0.4, -0.2) is 46.8 Å². The molecule has 1 amide bonds. The minimum atomic E-state index is -0.626. The molecule has 0 bridgehead atoms. The van der Waals surface area contributed by atoms with E-state index in [0.717, 1.165) is 11.1 Å². The number of nitrogens with zero attached hydrogens (tertiary/aromatic N) is 1. The Balaban J connectivity index is 3.12. The van der Waals surface area contributed by atoms with E-state index in [9.17, 15) is 9.90 Å². The summed E-state index contributed by atoms with van der Waals surface area (Å²) in [7, 11) is 1.66. The Bertz CT molecular complexity index is 553. The van der Waals surface area contributed by atoms with Gasteiger partial charge < -0.3 is 15.1 Å². The summed E-state index contributed by atoms with van der Waals surface area (Å²) in [5.41, 5.74) is 1.56. The van der Waals surface area contributed by atoms with Gasteiger partial charge in [-0.05, 0) is 38.5 Å². The van der Waals surface area contributed by atoms with Gasteiger partial charge in [-0.1, -0.05) is 17.9 Å². The Morgan fingerprint density at radius 3 is 2.55 bits per heavy atom. The lowest BCUT2D eigenvalue weighted by Gasteiger charge is -2.34. The summed E-state index contributed by atoms with van der Waals surface area (Å²) in [5.74, 6) is 5.24. The fourth-order valence-corrected chi connectivity index (χ4v) is 1.60. The third kappa shape index (κ3) is 3.60. The molecule has 0 fully saturated rings. The van der Waals surface area contributed by atoms with Crippen LogP contribution in [0.4, 0.5) is 0 Å². The molecule has 0 saturated carbocycles. The van der Waals surface area contributed by atoms with Crippen molar-refractivity contribution in [3.63, 3.8) is 0 Å². The first-order chi connectivity index (χ1) is 9.33. The van der Waals surface area contributed by atoms with Gasteiger partial charge in [0.05, 0.1) is 12.1 Å². The van der Waals surface area contributed by atoms with E-state index in [1.807, 2.05) is 13.0 Å². The number of carbonyl (C=O) groups excluding carboxylic acids is 1. The molecule has 1 aromatic rings. The minimum Gasteiger partial charge on any atom is -0.394 e. The molecule has 0 aromatic heterocycles. The number of amides is 1. The van der Waals surface area contributed by atoms with Gasteiger partial charge in [-0.25, -0.2) is 0 Å². The van der Waals surface area contributed by atoms with E-state index in [1.54, 1.807) is 33.0 Å². The van der Waals surface area contributed by atoms with Crippen molar-refractivity contribution < 1.29 is 15.0 Å². The second-order valence-corrected chi connectivity index (χ2v) is 5.32. The average Bonchev–Trinajstić information content (AvgIpc) is 2.44. The second-order valence-electron chi connectivity index (χ2n) is 5.32. The molecule has 4 heteroatoms. The molecule has 20 heavy (non-hydrogen) atoms. The standard InChI is InChI=1S/C16H21NO3/c1-12-7-8-14(10-13(12)6-5-9-18)15(20)17(4)16(2,3)11-19/h7-8,10,18-19H,9,11H2,1-4H3. The zero-order valence-corrected chi connectivity index (χ0v) is 12.4. The molecule has 1 aromatic carbocycles. The highest BCUT2D eigenvalue weighted by Gasteiger charge is 2.27. The topological polar surface area (TPSA) is 60.8 Å². The SMILES string of the molecule is Cc1ccc(C(=O)N(C)C(C)(C)CO)cc1C#CCO. The van der Waals surface area contributed by atoms with Crippen molar-refractivity contribution in [1.29, 1.82) is 0 Å². The maximum atomic E-state index is 12.4. The fourth-order valence-electron chi connectivity index (χ4n) is 1.60. The summed E-state index contributed by atoms with van der Waals surface area (Å²) >= 11 is 0. The quantitative estimate of drug-likeness (QED) is 0.814. The predicted octanol–water partition coefficient (Wildman–Crippen LogP) is 1.18. The maximum Gasteiger partial charge on any atom is 0.254 e. The summed E-state index contributed by atoms with van der Waals surface area (Å²) < 4.78 is 0. The molecule has 0 aliphatic heterocycles. The third-order valence-corrected chi connectivity index (χ3v) is 3.39. The highest BCUT2D eigenvalue weighted by atomic mass is 16.3. The summed E-state index contributed by atoms with van der Waals surface area (Å²) in [6, 6.07) is 5.28. The number of hydrogen-bond acceptors (Lipinski definition) is 3. The molecule has 4 nitrogen and oxygen atoms in total. The van der Waals surface area contributed by atoms with Gasteiger partial charge >= 0.3 is 0 Å². The molecule has 0 atom stereocenters. The number of aliphatic hydroxyl groups is 2. The van der Waals surface area contributed by atoms with Crippen LogP contribution in [0.3, 0.4) is 0 Å². The summed E-state index contributed by atoms with van der Waals surface area (Å²) in [5, 5.41) is 18.1. The fraction of sp³-hybridized carbons (Fsp3) is 0.438. The first-order valence-corrected chi connectivity index (χ1v) is 6.43. The average molecular weight is 275 g/mol. The second kappa shape index (κ2) is 6.56. The molecule has 108 valence electrons. The van der Waals surface area contributed by atoms with Gasteiger partial charge in [0.15, 0.2) is 0 Å². The van der Waals surface area contributed by atoms with Crippen LogP contribution in [0.5, 0.6) is 0 Å². The largest absolute Gasteiger partial charge is 0.394 e. The van der Waals surface area contributed by atoms with Gasteiger partial charge in [-0.3, -0.25) is 4.79 Å². The van der Waals surface area contributed by atoms with Crippen LogP contribution in [-0.2, 0) is 0 Å². The molecular weight excluding hydrogens is 254 g/mol. The molecule has 0 heterocycles. The molecule has 0 spiro atoms.